The maximum Gasteiger partial charge on any atom is 0.0143 e. The third-order valence-electron chi connectivity index (χ3n) is 3.61. The first-order valence-electron chi connectivity index (χ1n) is 5.55. The Morgan fingerprint density at radius 1 is 1.14 bits per heavy atom. The van der Waals surface area contributed by atoms with Crippen molar-refractivity contribution in [1.82, 2.24) is 0 Å². The number of rotatable bonds is 2. The molecule has 2 aliphatic rings. The second-order valence-corrected chi connectivity index (χ2v) is 4.95. The fourth-order valence-electron chi connectivity index (χ4n) is 2.52. The lowest BCUT2D eigenvalue weighted by molar-refractivity contribution is 0.501. The Bertz CT molecular complexity index is 370. The lowest BCUT2D eigenvalue weighted by Gasteiger charge is -2.37. The molecular formula is C14H16. The number of allylic oxidation sites excluding steroid dienone is 2. The zero-order chi connectivity index (χ0) is 9.60. The molecule has 0 spiro atoms. The summed E-state index contributed by atoms with van der Waals surface area (Å²) in [5.41, 5.74) is 3.54. The van der Waals surface area contributed by atoms with E-state index in [2.05, 4.69) is 43.3 Å². The molecule has 0 heterocycles. The average Bonchev–Trinajstić information content (AvgIpc) is 2.98. The van der Waals surface area contributed by atoms with E-state index in [-0.39, 0.29) is 0 Å². The van der Waals surface area contributed by atoms with Gasteiger partial charge in [0.15, 0.2) is 0 Å². The van der Waals surface area contributed by atoms with Crippen molar-refractivity contribution < 1.29 is 0 Å². The molecule has 0 saturated heterocycles. The smallest absolute Gasteiger partial charge is 0.0143 e. The molecule has 0 aromatic heterocycles. The van der Waals surface area contributed by atoms with Gasteiger partial charge >= 0.3 is 0 Å². The molecule has 0 amide bonds. The Morgan fingerprint density at radius 2 is 1.79 bits per heavy atom. The van der Waals surface area contributed by atoms with Crippen molar-refractivity contribution in [2.75, 3.05) is 0 Å². The molecule has 1 atom stereocenters. The summed E-state index contributed by atoms with van der Waals surface area (Å²) >= 11 is 0. The van der Waals surface area contributed by atoms with Gasteiger partial charge < -0.3 is 0 Å². The van der Waals surface area contributed by atoms with Crippen LogP contribution >= 0.6 is 0 Å². The molecule has 0 aliphatic heterocycles. The van der Waals surface area contributed by atoms with Crippen LogP contribution in [0.3, 0.4) is 0 Å². The van der Waals surface area contributed by atoms with E-state index in [1.54, 1.807) is 5.57 Å². The molecule has 0 heteroatoms. The largest absolute Gasteiger partial charge is 0.0744 e. The molecule has 14 heavy (non-hydrogen) atoms. The van der Waals surface area contributed by atoms with Crippen LogP contribution in [0.5, 0.6) is 0 Å². The van der Waals surface area contributed by atoms with Crippen LogP contribution in [0.1, 0.15) is 31.7 Å². The van der Waals surface area contributed by atoms with Crippen molar-refractivity contribution in [3.8, 4) is 0 Å². The van der Waals surface area contributed by atoms with E-state index in [0.29, 0.717) is 5.41 Å². The zero-order valence-corrected chi connectivity index (χ0v) is 8.66. The second-order valence-electron chi connectivity index (χ2n) is 4.95. The van der Waals surface area contributed by atoms with E-state index in [9.17, 15) is 0 Å². The van der Waals surface area contributed by atoms with Gasteiger partial charge in [-0.25, -0.2) is 0 Å². The number of hydrogen-bond donors (Lipinski definition) is 0. The molecule has 3 rings (SSSR count). The predicted octanol–water partition coefficient (Wildman–Crippen LogP) is 3.68. The van der Waals surface area contributed by atoms with Crippen LogP contribution in [0.2, 0.25) is 0 Å². The molecule has 1 saturated carbocycles. The summed E-state index contributed by atoms with van der Waals surface area (Å²) in [4.78, 5) is 0. The molecule has 1 fully saturated rings. The van der Waals surface area contributed by atoms with E-state index in [0.717, 1.165) is 5.92 Å². The fraction of sp³-hybridized carbons (Fsp3) is 0.429. The highest BCUT2D eigenvalue weighted by Gasteiger charge is 2.39. The van der Waals surface area contributed by atoms with E-state index >= 15 is 0 Å². The molecule has 2 aliphatic carbocycles. The third kappa shape index (κ3) is 1.21. The van der Waals surface area contributed by atoms with Crippen LogP contribution in [-0.4, -0.2) is 0 Å². The van der Waals surface area contributed by atoms with Crippen molar-refractivity contribution in [3.05, 3.63) is 47.5 Å². The second kappa shape index (κ2) is 2.73. The van der Waals surface area contributed by atoms with Gasteiger partial charge in [0, 0.05) is 5.41 Å². The summed E-state index contributed by atoms with van der Waals surface area (Å²) in [6, 6.07) is 10.9. The van der Waals surface area contributed by atoms with Gasteiger partial charge in [-0.05, 0) is 30.7 Å². The molecule has 72 valence electrons. The highest BCUT2D eigenvalue weighted by atomic mass is 14.4. The Hall–Kier alpha value is -1.04. The molecule has 0 radical (unpaired) electrons. The lowest BCUT2D eigenvalue weighted by Crippen LogP contribution is -2.28. The Balaban J connectivity index is 1.87. The number of hydrogen-bond acceptors (Lipinski definition) is 0. The molecular weight excluding hydrogens is 168 g/mol. The maximum absolute atomic E-state index is 2.50. The Kier molecular flexibility index (Phi) is 1.61. The summed E-state index contributed by atoms with van der Waals surface area (Å²) in [6.07, 6.45) is 6.68. The molecule has 1 aromatic rings. The summed E-state index contributed by atoms with van der Waals surface area (Å²) in [6.45, 7) is 2.36. The van der Waals surface area contributed by atoms with Crippen LogP contribution in [0, 0.1) is 5.92 Å². The molecule has 1 aromatic carbocycles. The number of benzene rings is 1. The first-order valence-corrected chi connectivity index (χ1v) is 5.55. The van der Waals surface area contributed by atoms with Gasteiger partial charge in [-0.3, -0.25) is 0 Å². The topological polar surface area (TPSA) is 0 Å². The summed E-state index contributed by atoms with van der Waals surface area (Å²) in [5.74, 6) is 0.965. The van der Waals surface area contributed by atoms with Crippen molar-refractivity contribution in [1.29, 1.82) is 0 Å². The van der Waals surface area contributed by atoms with Gasteiger partial charge in [-0.15, -0.1) is 0 Å². The minimum absolute atomic E-state index is 0.346. The van der Waals surface area contributed by atoms with Crippen molar-refractivity contribution >= 4 is 0 Å². The molecule has 0 nitrogen and oxygen atoms in total. The molecule has 0 bridgehead atoms. The minimum atomic E-state index is 0.346. The summed E-state index contributed by atoms with van der Waals surface area (Å²) in [5, 5.41) is 0. The van der Waals surface area contributed by atoms with E-state index in [1.165, 1.54) is 24.8 Å². The third-order valence-corrected chi connectivity index (χ3v) is 3.61. The van der Waals surface area contributed by atoms with E-state index in [4.69, 9.17) is 0 Å². The molecule has 0 N–H and O–H groups in total. The van der Waals surface area contributed by atoms with Crippen molar-refractivity contribution in [2.24, 2.45) is 5.92 Å². The highest BCUT2D eigenvalue weighted by Crippen LogP contribution is 2.51. The first kappa shape index (κ1) is 8.28. The van der Waals surface area contributed by atoms with Gasteiger partial charge in [0.1, 0.15) is 0 Å². The monoisotopic (exact) mass is 184 g/mol. The van der Waals surface area contributed by atoms with Crippen LogP contribution in [-0.2, 0) is 5.41 Å². The molecule has 1 unspecified atom stereocenters. The van der Waals surface area contributed by atoms with Crippen molar-refractivity contribution in [2.45, 2.75) is 31.6 Å². The lowest BCUT2D eigenvalue weighted by atomic mass is 9.67. The van der Waals surface area contributed by atoms with Gasteiger partial charge in [-0.1, -0.05) is 48.9 Å². The average molecular weight is 184 g/mol. The van der Waals surface area contributed by atoms with Crippen LogP contribution < -0.4 is 0 Å². The fourth-order valence-corrected chi connectivity index (χ4v) is 2.52. The minimum Gasteiger partial charge on any atom is -0.0744 e. The van der Waals surface area contributed by atoms with Gasteiger partial charge in [0.05, 0.1) is 0 Å². The maximum atomic E-state index is 2.50. The SMILES string of the molecule is CC1(c2ccccc2)C=C(C2CC2)C1. The predicted molar refractivity (Wildman–Crippen MR) is 59.2 cm³/mol. The van der Waals surface area contributed by atoms with Gasteiger partial charge in [0.2, 0.25) is 0 Å². The van der Waals surface area contributed by atoms with Gasteiger partial charge in [0.25, 0.3) is 0 Å². The first-order chi connectivity index (χ1) is 6.78. The summed E-state index contributed by atoms with van der Waals surface area (Å²) < 4.78 is 0. The zero-order valence-electron chi connectivity index (χ0n) is 8.66. The Morgan fingerprint density at radius 3 is 2.36 bits per heavy atom. The van der Waals surface area contributed by atoms with Gasteiger partial charge in [-0.2, -0.15) is 0 Å². The van der Waals surface area contributed by atoms with E-state index in [1.807, 2.05) is 0 Å². The highest BCUT2D eigenvalue weighted by molar-refractivity contribution is 5.42. The Labute approximate surface area is 85.6 Å². The quantitative estimate of drug-likeness (QED) is 0.615. The standard InChI is InChI=1S/C14H16/c1-14(13-5-3-2-4-6-13)9-12(10-14)11-7-8-11/h2-6,9,11H,7-8,10H2,1H3. The normalized spacial score (nSPS) is 30.8. The van der Waals surface area contributed by atoms with Crippen molar-refractivity contribution in [3.63, 3.8) is 0 Å². The van der Waals surface area contributed by atoms with Crippen LogP contribution in [0.25, 0.3) is 0 Å². The summed E-state index contributed by atoms with van der Waals surface area (Å²) in [7, 11) is 0. The van der Waals surface area contributed by atoms with E-state index < -0.39 is 0 Å². The van der Waals surface area contributed by atoms with Crippen LogP contribution in [0.4, 0.5) is 0 Å². The van der Waals surface area contributed by atoms with Crippen LogP contribution in [0.15, 0.2) is 42.0 Å².